The number of pyridine rings is 1. The van der Waals surface area contributed by atoms with Crippen LogP contribution in [-0.4, -0.2) is 46.4 Å². The minimum Gasteiger partial charge on any atom is -0.366 e. The zero-order chi connectivity index (χ0) is 19.2. The van der Waals surface area contributed by atoms with E-state index in [1.54, 1.807) is 6.07 Å². The van der Waals surface area contributed by atoms with Crippen LogP contribution < -0.4 is 10.6 Å². The van der Waals surface area contributed by atoms with Crippen LogP contribution in [0.3, 0.4) is 0 Å². The Hall–Kier alpha value is -2.52. The molecule has 1 saturated heterocycles. The molecule has 2 aromatic rings. The smallest absolute Gasteiger partial charge is 0.287 e. The Labute approximate surface area is 165 Å². The monoisotopic (exact) mass is 433 g/mol. The Bertz CT molecular complexity index is 815. The summed E-state index contributed by atoms with van der Waals surface area (Å²) in [6.45, 7) is 2.39. The van der Waals surface area contributed by atoms with Gasteiger partial charge in [-0.3, -0.25) is 14.9 Å². The average molecular weight is 434 g/mol. The van der Waals surface area contributed by atoms with E-state index in [-0.39, 0.29) is 17.6 Å². The summed E-state index contributed by atoms with van der Waals surface area (Å²) in [5.74, 6) is 0.606. The van der Waals surface area contributed by atoms with Crippen LogP contribution in [-0.2, 0) is 4.79 Å². The third-order valence-corrected chi connectivity index (χ3v) is 5.08. The number of halogens is 1. The van der Waals surface area contributed by atoms with Gasteiger partial charge in [0.05, 0.1) is 10.6 Å². The van der Waals surface area contributed by atoms with Crippen LogP contribution in [0.1, 0.15) is 12.8 Å². The average Bonchev–Trinajstić information content (AvgIpc) is 3.10. The zero-order valence-electron chi connectivity index (χ0n) is 14.6. The third kappa shape index (κ3) is 5.48. The molecule has 0 bridgehead atoms. The van der Waals surface area contributed by atoms with E-state index in [2.05, 4.69) is 36.4 Å². The predicted octanol–water partition coefficient (Wildman–Crippen LogP) is 3.27. The van der Waals surface area contributed by atoms with Crippen molar-refractivity contribution in [2.24, 2.45) is 0 Å². The summed E-state index contributed by atoms with van der Waals surface area (Å²) >= 11 is 3.42. The quantitative estimate of drug-likeness (QED) is 0.513. The molecule has 1 atom stereocenters. The first-order valence-electron chi connectivity index (χ1n) is 8.65. The lowest BCUT2D eigenvalue weighted by molar-refractivity contribution is -0.385. The summed E-state index contributed by atoms with van der Waals surface area (Å²) in [5, 5.41) is 16.9. The summed E-state index contributed by atoms with van der Waals surface area (Å²) in [4.78, 5) is 28.6. The van der Waals surface area contributed by atoms with Gasteiger partial charge in [0.25, 0.3) is 5.69 Å². The molecule has 8 nitrogen and oxygen atoms in total. The van der Waals surface area contributed by atoms with E-state index >= 15 is 0 Å². The maximum atomic E-state index is 12.1. The van der Waals surface area contributed by atoms with Crippen molar-refractivity contribution < 1.29 is 9.72 Å². The van der Waals surface area contributed by atoms with Crippen molar-refractivity contribution in [3.05, 3.63) is 57.2 Å². The molecule has 3 rings (SSSR count). The fraction of sp³-hybridized carbons (Fsp3) is 0.333. The third-order valence-electron chi connectivity index (χ3n) is 4.39. The lowest BCUT2D eigenvalue weighted by Gasteiger charge is -2.17. The van der Waals surface area contributed by atoms with Gasteiger partial charge in [-0.05, 0) is 40.5 Å². The second-order valence-electron chi connectivity index (χ2n) is 6.37. The molecule has 0 radical (unpaired) electrons. The standard InChI is InChI=1S/C18H20BrN5O3/c19-15-3-1-2-4-16(15)22-18(25)8-10-23-9-7-13(12-23)21-17-6-5-14(11-20-17)24(26)27/h1-6,11,13H,7-10,12H2,(H,20,21)(H,22,25). The summed E-state index contributed by atoms with van der Waals surface area (Å²) in [6.07, 6.45) is 2.61. The maximum Gasteiger partial charge on any atom is 0.287 e. The zero-order valence-corrected chi connectivity index (χ0v) is 16.2. The molecule has 0 spiro atoms. The summed E-state index contributed by atoms with van der Waals surface area (Å²) < 4.78 is 0.861. The molecule has 1 fully saturated rings. The van der Waals surface area contributed by atoms with Crippen molar-refractivity contribution in [3.63, 3.8) is 0 Å². The van der Waals surface area contributed by atoms with Crippen molar-refractivity contribution >= 4 is 39.0 Å². The number of benzene rings is 1. The fourth-order valence-electron chi connectivity index (χ4n) is 2.98. The number of likely N-dealkylation sites (tertiary alicyclic amines) is 1. The van der Waals surface area contributed by atoms with Gasteiger partial charge in [0.1, 0.15) is 12.0 Å². The minimum absolute atomic E-state index is 0.0182. The number of rotatable bonds is 7. The second-order valence-corrected chi connectivity index (χ2v) is 7.22. The van der Waals surface area contributed by atoms with Crippen LogP contribution in [0.4, 0.5) is 17.2 Å². The number of amides is 1. The van der Waals surface area contributed by atoms with Gasteiger partial charge in [-0.1, -0.05) is 12.1 Å². The SMILES string of the molecule is O=C(CCN1CCC(Nc2ccc([N+](=O)[O-])cn2)C1)Nc1ccccc1Br. The molecule has 1 aromatic carbocycles. The number of aromatic nitrogens is 1. The van der Waals surface area contributed by atoms with Gasteiger partial charge in [-0.2, -0.15) is 0 Å². The topological polar surface area (TPSA) is 100 Å². The highest BCUT2D eigenvalue weighted by Gasteiger charge is 2.23. The van der Waals surface area contributed by atoms with Gasteiger partial charge in [0.15, 0.2) is 0 Å². The number of carbonyl (C=O) groups excluding carboxylic acids is 1. The first-order chi connectivity index (χ1) is 13.0. The highest BCUT2D eigenvalue weighted by atomic mass is 79.9. The number of hydrogen-bond donors (Lipinski definition) is 2. The molecule has 27 heavy (non-hydrogen) atoms. The molecule has 1 amide bonds. The Balaban J connectivity index is 1.42. The molecular weight excluding hydrogens is 414 g/mol. The van der Waals surface area contributed by atoms with Gasteiger partial charge >= 0.3 is 0 Å². The number of anilines is 2. The summed E-state index contributed by atoms with van der Waals surface area (Å²) in [7, 11) is 0. The van der Waals surface area contributed by atoms with Gasteiger partial charge < -0.3 is 15.5 Å². The lowest BCUT2D eigenvalue weighted by Crippen LogP contribution is -2.29. The number of nitro groups is 1. The highest BCUT2D eigenvalue weighted by Crippen LogP contribution is 2.21. The van der Waals surface area contributed by atoms with Gasteiger partial charge in [-0.15, -0.1) is 0 Å². The minimum atomic E-state index is -0.465. The van der Waals surface area contributed by atoms with Crippen LogP contribution in [0.15, 0.2) is 47.1 Å². The Morgan fingerprint density at radius 2 is 2.15 bits per heavy atom. The van der Waals surface area contributed by atoms with Crippen molar-refractivity contribution in [1.29, 1.82) is 0 Å². The molecule has 2 heterocycles. The molecule has 142 valence electrons. The first kappa shape index (κ1) is 19.2. The van der Waals surface area contributed by atoms with Gasteiger partial charge in [0.2, 0.25) is 5.91 Å². The Kier molecular flexibility index (Phi) is 6.36. The van der Waals surface area contributed by atoms with E-state index < -0.39 is 4.92 Å². The second kappa shape index (κ2) is 8.92. The molecule has 1 aromatic heterocycles. The summed E-state index contributed by atoms with van der Waals surface area (Å²) in [5.41, 5.74) is 0.748. The van der Waals surface area contributed by atoms with E-state index in [1.165, 1.54) is 12.3 Å². The molecule has 9 heteroatoms. The van der Waals surface area contributed by atoms with E-state index in [9.17, 15) is 14.9 Å². The molecular formula is C18H20BrN5O3. The molecule has 0 aliphatic carbocycles. The number of hydrogen-bond acceptors (Lipinski definition) is 6. The lowest BCUT2D eigenvalue weighted by atomic mass is 10.2. The number of nitrogens with zero attached hydrogens (tertiary/aromatic N) is 3. The number of para-hydroxylation sites is 1. The first-order valence-corrected chi connectivity index (χ1v) is 9.44. The van der Waals surface area contributed by atoms with E-state index in [4.69, 9.17) is 0 Å². The van der Waals surface area contributed by atoms with Crippen molar-refractivity contribution in [2.45, 2.75) is 18.9 Å². The molecule has 1 aliphatic heterocycles. The molecule has 1 aliphatic rings. The maximum absolute atomic E-state index is 12.1. The van der Waals surface area contributed by atoms with Crippen molar-refractivity contribution in [3.8, 4) is 0 Å². The molecule has 2 N–H and O–H groups in total. The van der Waals surface area contributed by atoms with E-state index in [1.807, 2.05) is 24.3 Å². The van der Waals surface area contributed by atoms with Gasteiger partial charge in [0, 0.05) is 42.6 Å². The Morgan fingerprint density at radius 3 is 2.85 bits per heavy atom. The normalized spacial score (nSPS) is 16.9. The number of carbonyl (C=O) groups is 1. The van der Waals surface area contributed by atoms with Crippen molar-refractivity contribution in [2.75, 3.05) is 30.3 Å². The predicted molar refractivity (Wildman–Crippen MR) is 107 cm³/mol. The van der Waals surface area contributed by atoms with Crippen LogP contribution in [0, 0.1) is 10.1 Å². The van der Waals surface area contributed by atoms with E-state index in [0.29, 0.717) is 18.8 Å². The molecule has 0 saturated carbocycles. The molecule has 1 unspecified atom stereocenters. The largest absolute Gasteiger partial charge is 0.366 e. The van der Waals surface area contributed by atoms with Crippen LogP contribution in [0.2, 0.25) is 0 Å². The van der Waals surface area contributed by atoms with Crippen molar-refractivity contribution in [1.82, 2.24) is 9.88 Å². The van der Waals surface area contributed by atoms with Crippen LogP contribution in [0.5, 0.6) is 0 Å². The highest BCUT2D eigenvalue weighted by molar-refractivity contribution is 9.10. The van der Waals surface area contributed by atoms with E-state index in [0.717, 1.165) is 29.7 Å². The fourth-order valence-corrected chi connectivity index (χ4v) is 3.36. The van der Waals surface area contributed by atoms with Crippen LogP contribution in [0.25, 0.3) is 0 Å². The summed E-state index contributed by atoms with van der Waals surface area (Å²) in [6, 6.07) is 10.8. The van der Waals surface area contributed by atoms with Gasteiger partial charge in [-0.25, -0.2) is 4.98 Å². The number of nitrogens with one attached hydrogen (secondary N) is 2. The Morgan fingerprint density at radius 1 is 1.33 bits per heavy atom. The van der Waals surface area contributed by atoms with Crippen LogP contribution >= 0.6 is 15.9 Å².